The molecule has 1 unspecified atom stereocenters. The minimum absolute atomic E-state index is 0.0510. The molecule has 0 bridgehead atoms. The minimum atomic E-state index is -0.506. The lowest BCUT2D eigenvalue weighted by Crippen LogP contribution is -2.54. The molecule has 2 saturated heterocycles. The highest BCUT2D eigenvalue weighted by molar-refractivity contribution is 5.86. The van der Waals surface area contributed by atoms with Crippen LogP contribution in [0.25, 0.3) is 0 Å². The zero-order chi connectivity index (χ0) is 13.7. The van der Waals surface area contributed by atoms with E-state index in [2.05, 4.69) is 5.32 Å². The SMILES string of the molecule is CC(NC(=O)N1CCOCC1)C(=O)N1CCOCC1. The number of rotatable bonds is 2. The highest BCUT2D eigenvalue weighted by atomic mass is 16.5. The number of carbonyl (C=O) groups is 2. The molecule has 1 N–H and O–H groups in total. The van der Waals surface area contributed by atoms with Gasteiger partial charge in [-0.25, -0.2) is 4.79 Å². The second-order valence-corrected chi connectivity index (χ2v) is 4.71. The van der Waals surface area contributed by atoms with Crippen molar-refractivity contribution in [1.82, 2.24) is 15.1 Å². The summed E-state index contributed by atoms with van der Waals surface area (Å²) >= 11 is 0. The molecule has 108 valence electrons. The van der Waals surface area contributed by atoms with E-state index in [0.717, 1.165) is 0 Å². The topological polar surface area (TPSA) is 71.1 Å². The summed E-state index contributed by atoms with van der Waals surface area (Å²) in [6.07, 6.45) is 0. The lowest BCUT2D eigenvalue weighted by Gasteiger charge is -2.31. The van der Waals surface area contributed by atoms with Gasteiger partial charge in [-0.3, -0.25) is 4.79 Å². The second-order valence-electron chi connectivity index (χ2n) is 4.71. The van der Waals surface area contributed by atoms with E-state index in [1.54, 1.807) is 16.7 Å². The third-order valence-corrected chi connectivity index (χ3v) is 3.33. The number of ether oxygens (including phenoxy) is 2. The van der Waals surface area contributed by atoms with Crippen molar-refractivity contribution in [3.05, 3.63) is 0 Å². The van der Waals surface area contributed by atoms with E-state index < -0.39 is 6.04 Å². The number of amides is 3. The van der Waals surface area contributed by atoms with Gasteiger partial charge in [-0.1, -0.05) is 0 Å². The van der Waals surface area contributed by atoms with Crippen LogP contribution in [-0.2, 0) is 14.3 Å². The summed E-state index contributed by atoms with van der Waals surface area (Å²) in [4.78, 5) is 27.5. The zero-order valence-electron chi connectivity index (χ0n) is 11.3. The first-order valence-electron chi connectivity index (χ1n) is 6.68. The van der Waals surface area contributed by atoms with Crippen LogP contribution in [0.5, 0.6) is 0 Å². The molecule has 0 aromatic rings. The number of nitrogens with zero attached hydrogens (tertiary/aromatic N) is 2. The molecule has 7 heteroatoms. The van der Waals surface area contributed by atoms with Crippen molar-refractivity contribution in [3.8, 4) is 0 Å². The van der Waals surface area contributed by atoms with Gasteiger partial charge in [-0.2, -0.15) is 0 Å². The fourth-order valence-electron chi connectivity index (χ4n) is 2.16. The Bertz CT molecular complexity index is 325. The van der Waals surface area contributed by atoms with Crippen molar-refractivity contribution in [2.24, 2.45) is 0 Å². The van der Waals surface area contributed by atoms with Crippen molar-refractivity contribution in [2.75, 3.05) is 52.6 Å². The van der Waals surface area contributed by atoms with Gasteiger partial charge in [-0.15, -0.1) is 0 Å². The molecular formula is C12H21N3O4. The molecule has 1 atom stereocenters. The van der Waals surface area contributed by atoms with Crippen LogP contribution in [-0.4, -0.2) is 80.4 Å². The van der Waals surface area contributed by atoms with Crippen LogP contribution in [0, 0.1) is 0 Å². The van der Waals surface area contributed by atoms with E-state index in [1.807, 2.05) is 0 Å². The first kappa shape index (κ1) is 14.1. The Morgan fingerprint density at radius 3 is 1.95 bits per heavy atom. The largest absolute Gasteiger partial charge is 0.378 e. The number of morpholine rings is 2. The summed E-state index contributed by atoms with van der Waals surface area (Å²) in [6.45, 7) is 6.29. The quantitative estimate of drug-likeness (QED) is 0.719. The van der Waals surface area contributed by atoms with E-state index in [9.17, 15) is 9.59 Å². The summed E-state index contributed by atoms with van der Waals surface area (Å²) in [7, 11) is 0. The van der Waals surface area contributed by atoms with E-state index in [4.69, 9.17) is 9.47 Å². The summed E-state index contributed by atoms with van der Waals surface area (Å²) in [5, 5.41) is 2.75. The predicted molar refractivity (Wildman–Crippen MR) is 67.8 cm³/mol. The Morgan fingerprint density at radius 1 is 0.947 bits per heavy atom. The average molecular weight is 271 g/mol. The molecule has 2 aliphatic heterocycles. The van der Waals surface area contributed by atoms with Crippen LogP contribution in [0.3, 0.4) is 0 Å². The Morgan fingerprint density at radius 2 is 1.42 bits per heavy atom. The molecule has 3 amide bonds. The van der Waals surface area contributed by atoms with Crippen LogP contribution in [0.15, 0.2) is 0 Å². The summed E-state index contributed by atoms with van der Waals surface area (Å²) in [5.74, 6) is -0.0510. The maximum Gasteiger partial charge on any atom is 0.318 e. The third kappa shape index (κ3) is 3.81. The molecule has 19 heavy (non-hydrogen) atoms. The van der Waals surface area contributed by atoms with Crippen LogP contribution >= 0.6 is 0 Å². The number of hydrogen-bond acceptors (Lipinski definition) is 4. The monoisotopic (exact) mass is 271 g/mol. The predicted octanol–water partition coefficient (Wildman–Crippen LogP) is -0.724. The molecule has 0 aromatic heterocycles. The van der Waals surface area contributed by atoms with Crippen molar-refractivity contribution in [1.29, 1.82) is 0 Å². The van der Waals surface area contributed by atoms with Crippen LogP contribution in [0.2, 0.25) is 0 Å². The molecule has 7 nitrogen and oxygen atoms in total. The molecule has 2 heterocycles. The standard InChI is InChI=1S/C12H21N3O4/c1-10(11(16)14-2-6-18-7-3-14)13-12(17)15-4-8-19-9-5-15/h10H,2-9H2,1H3,(H,13,17). The molecule has 0 aromatic carbocycles. The summed E-state index contributed by atoms with van der Waals surface area (Å²) in [6, 6.07) is -0.703. The zero-order valence-corrected chi connectivity index (χ0v) is 11.3. The Hall–Kier alpha value is -1.34. The minimum Gasteiger partial charge on any atom is -0.378 e. The van der Waals surface area contributed by atoms with Gasteiger partial charge in [0.05, 0.1) is 26.4 Å². The highest BCUT2D eigenvalue weighted by Crippen LogP contribution is 2.02. The molecule has 0 radical (unpaired) electrons. The molecule has 2 fully saturated rings. The second kappa shape index (κ2) is 6.72. The van der Waals surface area contributed by atoms with Crippen LogP contribution in [0.1, 0.15) is 6.92 Å². The van der Waals surface area contributed by atoms with Gasteiger partial charge >= 0.3 is 6.03 Å². The van der Waals surface area contributed by atoms with Gasteiger partial charge < -0.3 is 24.6 Å². The fourth-order valence-corrected chi connectivity index (χ4v) is 2.16. The number of urea groups is 1. The highest BCUT2D eigenvalue weighted by Gasteiger charge is 2.25. The van der Waals surface area contributed by atoms with Gasteiger partial charge in [0.1, 0.15) is 6.04 Å². The Labute approximate surface area is 112 Å². The van der Waals surface area contributed by atoms with Gasteiger partial charge in [0.2, 0.25) is 5.91 Å². The summed E-state index contributed by atoms with van der Waals surface area (Å²) < 4.78 is 10.4. The average Bonchev–Trinajstić information content (AvgIpc) is 2.48. The van der Waals surface area contributed by atoms with Crippen molar-refractivity contribution in [2.45, 2.75) is 13.0 Å². The lowest BCUT2D eigenvalue weighted by atomic mass is 10.2. The normalized spacial score (nSPS) is 21.9. The number of hydrogen-bond donors (Lipinski definition) is 1. The van der Waals surface area contributed by atoms with E-state index >= 15 is 0 Å². The molecule has 0 spiro atoms. The first-order chi connectivity index (χ1) is 9.18. The van der Waals surface area contributed by atoms with Gasteiger partial charge in [-0.05, 0) is 6.92 Å². The Balaban J connectivity index is 1.80. The van der Waals surface area contributed by atoms with E-state index in [0.29, 0.717) is 52.6 Å². The van der Waals surface area contributed by atoms with E-state index in [1.165, 1.54) is 0 Å². The number of nitrogens with one attached hydrogen (secondary N) is 1. The van der Waals surface area contributed by atoms with Crippen molar-refractivity contribution < 1.29 is 19.1 Å². The smallest absolute Gasteiger partial charge is 0.318 e. The van der Waals surface area contributed by atoms with Gasteiger partial charge in [0, 0.05) is 26.2 Å². The Kier molecular flexibility index (Phi) is 4.98. The van der Waals surface area contributed by atoms with Gasteiger partial charge in [0.15, 0.2) is 0 Å². The van der Waals surface area contributed by atoms with Gasteiger partial charge in [0.25, 0.3) is 0 Å². The molecule has 2 rings (SSSR count). The maximum absolute atomic E-state index is 12.1. The van der Waals surface area contributed by atoms with E-state index in [-0.39, 0.29) is 11.9 Å². The van der Waals surface area contributed by atoms with Crippen molar-refractivity contribution in [3.63, 3.8) is 0 Å². The van der Waals surface area contributed by atoms with Crippen LogP contribution < -0.4 is 5.32 Å². The molecule has 0 saturated carbocycles. The maximum atomic E-state index is 12.1. The number of carbonyl (C=O) groups excluding carboxylic acids is 2. The fraction of sp³-hybridized carbons (Fsp3) is 0.833. The molecule has 0 aliphatic carbocycles. The van der Waals surface area contributed by atoms with Crippen LogP contribution in [0.4, 0.5) is 4.79 Å². The molecular weight excluding hydrogens is 250 g/mol. The summed E-state index contributed by atoms with van der Waals surface area (Å²) in [5.41, 5.74) is 0. The lowest BCUT2D eigenvalue weighted by molar-refractivity contribution is -0.136. The molecule has 2 aliphatic rings. The first-order valence-corrected chi connectivity index (χ1v) is 6.68. The van der Waals surface area contributed by atoms with Crippen molar-refractivity contribution >= 4 is 11.9 Å². The third-order valence-electron chi connectivity index (χ3n) is 3.33.